The molecule has 1 atom stereocenters. The molecule has 10 heteroatoms. The average Bonchev–Trinajstić information content (AvgIpc) is 3.09. The summed E-state index contributed by atoms with van der Waals surface area (Å²) in [6.45, 7) is 4.77. The van der Waals surface area contributed by atoms with E-state index in [0.29, 0.717) is 22.6 Å². The van der Waals surface area contributed by atoms with E-state index < -0.39 is 29.5 Å². The van der Waals surface area contributed by atoms with Gasteiger partial charge in [-0.25, -0.2) is 14.2 Å². The van der Waals surface area contributed by atoms with Crippen molar-refractivity contribution in [2.75, 3.05) is 0 Å². The maximum Gasteiger partial charge on any atom is 0.413 e. The second-order valence-corrected chi connectivity index (χ2v) is 8.23. The number of fused-ring (bicyclic) bond motifs is 1. The zero-order valence-corrected chi connectivity index (χ0v) is 18.9. The summed E-state index contributed by atoms with van der Waals surface area (Å²) in [7, 11) is 0. The van der Waals surface area contributed by atoms with Gasteiger partial charge in [0.05, 0.1) is 6.61 Å². The Labute approximate surface area is 195 Å². The molecule has 0 aliphatic carbocycles. The molecular weight excluding hydrogens is 441 g/mol. The fraction of sp³-hybridized carbons (Fsp3) is 0.250. The third-order valence-corrected chi connectivity index (χ3v) is 4.31. The molecule has 0 aliphatic rings. The van der Waals surface area contributed by atoms with Gasteiger partial charge >= 0.3 is 6.09 Å². The van der Waals surface area contributed by atoms with Gasteiger partial charge in [-0.3, -0.25) is 19.9 Å². The highest BCUT2D eigenvalue weighted by atomic mass is 19.1. The fourth-order valence-corrected chi connectivity index (χ4v) is 2.89. The number of amides is 2. The highest BCUT2D eigenvalue weighted by molar-refractivity contribution is 6.08. The number of halogens is 1. The maximum absolute atomic E-state index is 13.2. The maximum atomic E-state index is 13.2. The molecule has 176 valence electrons. The van der Waals surface area contributed by atoms with Crippen LogP contribution < -0.4 is 11.1 Å². The number of hydrogen-bond acceptors (Lipinski definition) is 6. The molecule has 0 saturated heterocycles. The Morgan fingerprint density at radius 3 is 2.56 bits per heavy atom. The fourth-order valence-electron chi connectivity index (χ4n) is 2.89. The van der Waals surface area contributed by atoms with Crippen LogP contribution >= 0.6 is 0 Å². The summed E-state index contributed by atoms with van der Waals surface area (Å²) in [5, 5.41) is 10.2. The minimum absolute atomic E-state index is 0.221. The highest BCUT2D eigenvalue weighted by Crippen LogP contribution is 2.15. The zero-order valence-electron chi connectivity index (χ0n) is 18.9. The van der Waals surface area contributed by atoms with Gasteiger partial charge in [0.1, 0.15) is 34.3 Å². The van der Waals surface area contributed by atoms with Gasteiger partial charge in [0.25, 0.3) is 5.91 Å². The number of carbonyl (C=O) groups is 2. The molecule has 0 spiro atoms. The molecule has 0 fully saturated rings. The van der Waals surface area contributed by atoms with Gasteiger partial charge in [-0.2, -0.15) is 0 Å². The topological polar surface area (TPSA) is 132 Å². The molecule has 4 N–H and O–H groups in total. The van der Waals surface area contributed by atoms with Gasteiger partial charge in [0.2, 0.25) is 0 Å². The number of primary amides is 1. The van der Waals surface area contributed by atoms with Crippen molar-refractivity contribution in [3.05, 3.63) is 71.4 Å². The number of pyridine rings is 1. The Hall–Kier alpha value is -4.23. The molecule has 2 amide bonds. The van der Waals surface area contributed by atoms with E-state index in [0.717, 1.165) is 0 Å². The van der Waals surface area contributed by atoms with Crippen LogP contribution in [0.1, 0.15) is 37.7 Å². The minimum atomic E-state index is -1.55. The predicted molar refractivity (Wildman–Crippen MR) is 122 cm³/mol. The van der Waals surface area contributed by atoms with Crippen molar-refractivity contribution in [2.45, 2.75) is 39.1 Å². The van der Waals surface area contributed by atoms with E-state index in [1.54, 1.807) is 61.7 Å². The third-order valence-electron chi connectivity index (χ3n) is 4.31. The standard InChI is InChI=1S/C24H24FN5O4/c1-24(2,3)34-23(32)29-21(26)20(22(27)31)33-14-17-18(30-13-5-4-6-19(30)28-17)12-9-15-7-10-16(25)11-8-15/h4-8,10-11,13,20H,14H2,1-3H3,(H2,27,31)(H2,26,29,32). The number of benzene rings is 1. The first-order valence-corrected chi connectivity index (χ1v) is 10.3. The van der Waals surface area contributed by atoms with Crippen LogP contribution in [0.3, 0.4) is 0 Å². The molecular formula is C24H24FN5O4. The number of amidine groups is 1. The van der Waals surface area contributed by atoms with Crippen molar-refractivity contribution in [3.63, 3.8) is 0 Å². The van der Waals surface area contributed by atoms with Crippen molar-refractivity contribution in [2.24, 2.45) is 5.73 Å². The third kappa shape index (κ3) is 6.40. The summed E-state index contributed by atoms with van der Waals surface area (Å²) >= 11 is 0. The number of imidazole rings is 1. The number of alkyl carbamates (subject to hydrolysis) is 1. The molecule has 0 radical (unpaired) electrons. The number of aromatic nitrogens is 2. The molecule has 1 aromatic carbocycles. The smallest absolute Gasteiger partial charge is 0.413 e. The van der Waals surface area contributed by atoms with E-state index in [2.05, 4.69) is 22.1 Å². The Balaban J connectivity index is 1.82. The molecule has 2 aromatic heterocycles. The van der Waals surface area contributed by atoms with E-state index >= 15 is 0 Å². The lowest BCUT2D eigenvalue weighted by Crippen LogP contribution is -2.47. The zero-order chi connectivity index (χ0) is 24.9. The van der Waals surface area contributed by atoms with E-state index in [9.17, 15) is 14.0 Å². The van der Waals surface area contributed by atoms with Crippen LogP contribution in [0.2, 0.25) is 0 Å². The lowest BCUT2D eigenvalue weighted by molar-refractivity contribution is -0.126. The van der Waals surface area contributed by atoms with Crippen LogP contribution in [0.5, 0.6) is 0 Å². The lowest BCUT2D eigenvalue weighted by atomic mass is 10.2. The monoisotopic (exact) mass is 465 g/mol. The van der Waals surface area contributed by atoms with Crippen LogP contribution in [-0.2, 0) is 20.9 Å². The summed E-state index contributed by atoms with van der Waals surface area (Å²) in [5.74, 6) is 4.05. The van der Waals surface area contributed by atoms with Gasteiger partial charge < -0.3 is 15.2 Å². The Morgan fingerprint density at radius 1 is 1.21 bits per heavy atom. The van der Waals surface area contributed by atoms with Crippen molar-refractivity contribution < 1.29 is 23.5 Å². The van der Waals surface area contributed by atoms with Crippen molar-refractivity contribution >= 4 is 23.5 Å². The van der Waals surface area contributed by atoms with Gasteiger partial charge in [0.15, 0.2) is 6.10 Å². The first-order valence-electron chi connectivity index (χ1n) is 10.3. The Morgan fingerprint density at radius 2 is 1.91 bits per heavy atom. The quantitative estimate of drug-likeness (QED) is 0.303. The first-order chi connectivity index (χ1) is 16.0. The number of rotatable bonds is 5. The average molecular weight is 465 g/mol. The molecule has 0 bridgehead atoms. The summed E-state index contributed by atoms with van der Waals surface area (Å²) < 4.78 is 25.5. The molecule has 0 aliphatic heterocycles. The molecule has 34 heavy (non-hydrogen) atoms. The summed E-state index contributed by atoms with van der Waals surface area (Å²) in [5.41, 5.74) is 6.64. The molecule has 1 unspecified atom stereocenters. The first kappa shape index (κ1) is 24.4. The summed E-state index contributed by atoms with van der Waals surface area (Å²) in [4.78, 5) is 28.3. The summed E-state index contributed by atoms with van der Waals surface area (Å²) in [6.07, 6.45) is -0.695. The van der Waals surface area contributed by atoms with Gasteiger partial charge in [-0.05, 0) is 63.1 Å². The lowest BCUT2D eigenvalue weighted by Gasteiger charge is -2.21. The van der Waals surface area contributed by atoms with Crippen LogP contribution in [0.15, 0.2) is 48.7 Å². The largest absolute Gasteiger partial charge is 0.444 e. The van der Waals surface area contributed by atoms with Crippen molar-refractivity contribution in [1.29, 1.82) is 5.41 Å². The van der Waals surface area contributed by atoms with Crippen molar-refractivity contribution in [3.8, 4) is 11.8 Å². The number of carbonyl (C=O) groups excluding carboxylic acids is 2. The van der Waals surface area contributed by atoms with Gasteiger partial charge in [-0.15, -0.1) is 0 Å². The van der Waals surface area contributed by atoms with E-state index in [1.807, 2.05) is 0 Å². The number of hydrogen-bond donors (Lipinski definition) is 3. The number of nitrogens with two attached hydrogens (primary N) is 1. The Kier molecular flexibility index (Phi) is 7.28. The SMILES string of the molecule is CC(C)(C)OC(=O)NC(=N)C(OCc1nc2ccccn2c1C#Cc1ccc(F)cc1)C(N)=O. The predicted octanol–water partition coefficient (Wildman–Crippen LogP) is 2.75. The van der Waals surface area contributed by atoms with E-state index in [1.165, 1.54) is 12.1 Å². The molecule has 3 aromatic rings. The number of nitrogens with zero attached hydrogens (tertiary/aromatic N) is 2. The normalized spacial score (nSPS) is 11.9. The minimum Gasteiger partial charge on any atom is -0.444 e. The second-order valence-electron chi connectivity index (χ2n) is 8.23. The van der Waals surface area contributed by atoms with Crippen LogP contribution in [0, 0.1) is 23.1 Å². The molecule has 9 nitrogen and oxygen atoms in total. The van der Waals surface area contributed by atoms with E-state index in [-0.39, 0.29) is 12.4 Å². The second kappa shape index (κ2) is 10.1. The number of ether oxygens (including phenoxy) is 2. The summed E-state index contributed by atoms with van der Waals surface area (Å²) in [6, 6.07) is 11.1. The number of nitrogens with one attached hydrogen (secondary N) is 2. The van der Waals surface area contributed by atoms with E-state index in [4.69, 9.17) is 20.6 Å². The molecule has 0 saturated carbocycles. The van der Waals surface area contributed by atoms with Crippen LogP contribution in [0.4, 0.5) is 9.18 Å². The van der Waals surface area contributed by atoms with Crippen LogP contribution in [0.25, 0.3) is 5.65 Å². The Bertz CT molecular complexity index is 1280. The molecule has 3 rings (SSSR count). The van der Waals surface area contributed by atoms with Crippen LogP contribution in [-0.4, -0.2) is 38.9 Å². The van der Waals surface area contributed by atoms with Gasteiger partial charge in [0, 0.05) is 11.8 Å². The highest BCUT2D eigenvalue weighted by Gasteiger charge is 2.26. The molecule has 2 heterocycles. The van der Waals surface area contributed by atoms with Gasteiger partial charge in [-0.1, -0.05) is 12.0 Å². The van der Waals surface area contributed by atoms with Crippen molar-refractivity contribution in [1.82, 2.24) is 14.7 Å².